The van der Waals surface area contributed by atoms with E-state index in [0.29, 0.717) is 5.56 Å². The van der Waals surface area contributed by atoms with E-state index in [-0.39, 0.29) is 5.56 Å². The third-order valence-corrected chi connectivity index (χ3v) is 1.53. The molecule has 0 bridgehead atoms. The van der Waals surface area contributed by atoms with Crippen LogP contribution in [0.2, 0.25) is 0 Å². The van der Waals surface area contributed by atoms with Crippen LogP contribution < -0.4 is 0 Å². The Bertz CT molecular complexity index is 396. The van der Waals surface area contributed by atoms with Gasteiger partial charge in [0.15, 0.2) is 0 Å². The number of aliphatic hydroxyl groups is 1. The predicted octanol–water partition coefficient (Wildman–Crippen LogP) is 1.12. The fourth-order valence-electron chi connectivity index (χ4n) is 0.918. The summed E-state index contributed by atoms with van der Waals surface area (Å²) in [6, 6.07) is 6.28. The van der Waals surface area contributed by atoms with Crippen LogP contribution in [0.15, 0.2) is 24.3 Å². The molecule has 14 heavy (non-hydrogen) atoms. The molecule has 0 aromatic heterocycles. The molecule has 0 saturated heterocycles. The summed E-state index contributed by atoms with van der Waals surface area (Å²) in [5, 5.41) is 17.6. The highest BCUT2D eigenvalue weighted by atomic mass is 16.4. The number of rotatable bonds is 1. The van der Waals surface area contributed by atoms with Crippen LogP contribution in [0, 0.1) is 11.8 Å². The van der Waals surface area contributed by atoms with Crippen molar-refractivity contribution in [3.63, 3.8) is 0 Å². The van der Waals surface area contributed by atoms with E-state index in [1.54, 1.807) is 19.1 Å². The highest BCUT2D eigenvalue weighted by molar-refractivity contribution is 5.87. The molecule has 72 valence electrons. The van der Waals surface area contributed by atoms with Crippen molar-refractivity contribution in [3.8, 4) is 11.8 Å². The van der Waals surface area contributed by atoms with Crippen molar-refractivity contribution in [3.05, 3.63) is 35.4 Å². The second-order valence-electron chi connectivity index (χ2n) is 2.83. The summed E-state index contributed by atoms with van der Waals surface area (Å²) in [6.07, 6.45) is -0.705. The zero-order valence-electron chi connectivity index (χ0n) is 7.69. The van der Waals surface area contributed by atoms with E-state index in [0.717, 1.165) is 0 Å². The minimum atomic E-state index is -0.981. The summed E-state index contributed by atoms with van der Waals surface area (Å²) in [5.41, 5.74) is 0.785. The van der Waals surface area contributed by atoms with E-state index < -0.39 is 12.1 Å². The lowest BCUT2D eigenvalue weighted by Crippen LogP contribution is -1.96. The Kier molecular flexibility index (Phi) is 3.27. The van der Waals surface area contributed by atoms with Gasteiger partial charge >= 0.3 is 5.97 Å². The molecule has 1 atom stereocenters. The molecule has 0 heterocycles. The summed E-state index contributed by atoms with van der Waals surface area (Å²) in [7, 11) is 0. The van der Waals surface area contributed by atoms with Gasteiger partial charge in [0.05, 0.1) is 5.56 Å². The first-order chi connectivity index (χ1) is 6.59. The summed E-state index contributed by atoms with van der Waals surface area (Å²) in [4.78, 5) is 10.6. The molecule has 0 radical (unpaired) electrons. The SMILES string of the molecule is C[C@H](O)C#Cc1cccc(C(=O)O)c1. The van der Waals surface area contributed by atoms with E-state index in [9.17, 15) is 4.79 Å². The zero-order chi connectivity index (χ0) is 10.6. The van der Waals surface area contributed by atoms with Crippen molar-refractivity contribution in [2.75, 3.05) is 0 Å². The number of aromatic carboxylic acids is 1. The second-order valence-corrected chi connectivity index (χ2v) is 2.83. The first-order valence-electron chi connectivity index (χ1n) is 4.12. The number of hydrogen-bond acceptors (Lipinski definition) is 2. The fourth-order valence-corrected chi connectivity index (χ4v) is 0.918. The standard InChI is InChI=1S/C11H10O3/c1-8(12)5-6-9-3-2-4-10(7-9)11(13)14/h2-4,7-8,12H,1H3,(H,13,14)/t8-/m0/s1. The molecule has 3 heteroatoms. The van der Waals surface area contributed by atoms with Crippen LogP contribution in [0.3, 0.4) is 0 Å². The Hall–Kier alpha value is -1.79. The van der Waals surface area contributed by atoms with Crippen molar-refractivity contribution < 1.29 is 15.0 Å². The maximum atomic E-state index is 10.6. The van der Waals surface area contributed by atoms with Gasteiger partial charge in [-0.2, -0.15) is 0 Å². The second kappa shape index (κ2) is 4.45. The van der Waals surface area contributed by atoms with E-state index >= 15 is 0 Å². The monoisotopic (exact) mass is 190 g/mol. The van der Waals surface area contributed by atoms with Crippen molar-refractivity contribution in [2.45, 2.75) is 13.0 Å². The molecule has 3 nitrogen and oxygen atoms in total. The lowest BCUT2D eigenvalue weighted by atomic mass is 10.1. The fraction of sp³-hybridized carbons (Fsp3) is 0.182. The summed E-state index contributed by atoms with van der Waals surface area (Å²) < 4.78 is 0. The number of carboxylic acid groups (broad SMARTS) is 1. The lowest BCUT2D eigenvalue weighted by Gasteiger charge is -1.94. The predicted molar refractivity (Wildman–Crippen MR) is 52.0 cm³/mol. The molecule has 2 N–H and O–H groups in total. The Morgan fingerprint density at radius 1 is 1.50 bits per heavy atom. The van der Waals surface area contributed by atoms with Gasteiger partial charge in [-0.3, -0.25) is 0 Å². The van der Waals surface area contributed by atoms with Crippen molar-refractivity contribution >= 4 is 5.97 Å². The van der Waals surface area contributed by atoms with Crippen LogP contribution in [0.25, 0.3) is 0 Å². The van der Waals surface area contributed by atoms with Gasteiger partial charge in [0.25, 0.3) is 0 Å². The van der Waals surface area contributed by atoms with Gasteiger partial charge in [0.1, 0.15) is 6.10 Å². The van der Waals surface area contributed by atoms with Gasteiger partial charge in [0, 0.05) is 5.56 Å². The average Bonchev–Trinajstić information content (AvgIpc) is 2.15. The van der Waals surface area contributed by atoms with Crippen LogP contribution in [0.5, 0.6) is 0 Å². The third kappa shape index (κ3) is 2.92. The van der Waals surface area contributed by atoms with Crippen molar-refractivity contribution in [1.82, 2.24) is 0 Å². The Morgan fingerprint density at radius 3 is 2.79 bits per heavy atom. The van der Waals surface area contributed by atoms with Crippen molar-refractivity contribution in [2.24, 2.45) is 0 Å². The smallest absolute Gasteiger partial charge is 0.335 e. The van der Waals surface area contributed by atoms with Gasteiger partial charge in [0.2, 0.25) is 0 Å². The molecular weight excluding hydrogens is 180 g/mol. The molecule has 1 aromatic rings. The molecule has 0 aliphatic carbocycles. The maximum absolute atomic E-state index is 10.6. The molecule has 1 rings (SSSR count). The summed E-state index contributed by atoms with van der Waals surface area (Å²) >= 11 is 0. The van der Waals surface area contributed by atoms with E-state index in [4.69, 9.17) is 10.2 Å². The zero-order valence-corrected chi connectivity index (χ0v) is 7.69. The van der Waals surface area contributed by atoms with E-state index in [1.165, 1.54) is 12.1 Å². The lowest BCUT2D eigenvalue weighted by molar-refractivity contribution is 0.0697. The first kappa shape index (κ1) is 10.3. The number of carbonyl (C=O) groups is 1. The average molecular weight is 190 g/mol. The first-order valence-corrected chi connectivity index (χ1v) is 4.12. The van der Waals surface area contributed by atoms with Gasteiger partial charge in [-0.25, -0.2) is 4.79 Å². The van der Waals surface area contributed by atoms with Gasteiger partial charge in [-0.05, 0) is 25.1 Å². The largest absolute Gasteiger partial charge is 0.478 e. The maximum Gasteiger partial charge on any atom is 0.335 e. The Balaban J connectivity index is 2.96. The van der Waals surface area contributed by atoms with Crippen LogP contribution in [-0.4, -0.2) is 22.3 Å². The summed E-state index contributed by atoms with van der Waals surface area (Å²) in [5.74, 6) is 4.24. The van der Waals surface area contributed by atoms with E-state index in [1.807, 2.05) is 0 Å². The van der Waals surface area contributed by atoms with Gasteiger partial charge in [-0.1, -0.05) is 17.9 Å². The molecule has 0 spiro atoms. The van der Waals surface area contributed by atoms with Crippen molar-refractivity contribution in [1.29, 1.82) is 0 Å². The van der Waals surface area contributed by atoms with Crippen LogP contribution in [-0.2, 0) is 0 Å². The third-order valence-electron chi connectivity index (χ3n) is 1.53. The van der Waals surface area contributed by atoms with Gasteiger partial charge in [-0.15, -0.1) is 0 Å². The minimum absolute atomic E-state index is 0.197. The molecule has 1 aromatic carbocycles. The van der Waals surface area contributed by atoms with Crippen LogP contribution in [0.4, 0.5) is 0 Å². The Labute approximate surface area is 82.0 Å². The number of benzene rings is 1. The quantitative estimate of drug-likeness (QED) is 0.652. The highest BCUT2D eigenvalue weighted by Crippen LogP contribution is 2.03. The molecule has 0 aliphatic rings. The molecule has 0 unspecified atom stereocenters. The molecule has 0 aliphatic heterocycles. The molecular formula is C11H10O3. The van der Waals surface area contributed by atoms with Crippen LogP contribution in [0.1, 0.15) is 22.8 Å². The molecule has 0 saturated carbocycles. The normalized spacial score (nSPS) is 11.3. The number of carboxylic acids is 1. The number of hydrogen-bond donors (Lipinski definition) is 2. The van der Waals surface area contributed by atoms with E-state index in [2.05, 4.69) is 11.8 Å². The molecule has 0 fully saturated rings. The molecule has 0 amide bonds. The Morgan fingerprint density at radius 2 is 2.21 bits per heavy atom. The number of aliphatic hydroxyl groups excluding tert-OH is 1. The van der Waals surface area contributed by atoms with Crippen LogP contribution >= 0.6 is 0 Å². The topological polar surface area (TPSA) is 57.5 Å². The summed E-state index contributed by atoms with van der Waals surface area (Å²) in [6.45, 7) is 1.55. The minimum Gasteiger partial charge on any atom is -0.478 e. The van der Waals surface area contributed by atoms with Gasteiger partial charge < -0.3 is 10.2 Å². The highest BCUT2D eigenvalue weighted by Gasteiger charge is 2.01.